The Kier molecular flexibility index (Phi) is 3.89. The molecule has 1 aromatic heterocycles. The molecule has 100 valence electrons. The van der Waals surface area contributed by atoms with Crippen LogP contribution in [0.1, 0.15) is 48.3 Å². The van der Waals surface area contributed by atoms with Gasteiger partial charge < -0.3 is 10.6 Å². The van der Waals surface area contributed by atoms with E-state index >= 15 is 0 Å². The van der Waals surface area contributed by atoms with Crippen molar-refractivity contribution < 1.29 is 4.79 Å². The van der Waals surface area contributed by atoms with Crippen LogP contribution >= 0.6 is 0 Å². The van der Waals surface area contributed by atoms with E-state index in [2.05, 4.69) is 5.10 Å². The van der Waals surface area contributed by atoms with Crippen molar-refractivity contribution in [1.82, 2.24) is 14.7 Å². The second kappa shape index (κ2) is 5.42. The predicted octanol–water partition coefficient (Wildman–Crippen LogP) is 1.72. The number of hydrogen-bond acceptors (Lipinski definition) is 3. The van der Waals surface area contributed by atoms with Crippen LogP contribution in [0.4, 0.5) is 5.69 Å². The fraction of sp³-hybridized carbons (Fsp3) is 0.692. The summed E-state index contributed by atoms with van der Waals surface area (Å²) in [6.07, 6.45) is 5.88. The third-order valence-electron chi connectivity index (χ3n) is 3.61. The van der Waals surface area contributed by atoms with E-state index in [1.165, 1.54) is 19.3 Å². The second-order valence-corrected chi connectivity index (χ2v) is 5.03. The average molecular weight is 250 g/mol. The molecule has 1 aromatic rings. The first-order valence-corrected chi connectivity index (χ1v) is 6.69. The molecular formula is C13H22N4O. The highest BCUT2D eigenvalue weighted by Crippen LogP contribution is 2.19. The molecule has 2 heterocycles. The number of rotatable bonds is 1. The van der Waals surface area contributed by atoms with Crippen LogP contribution < -0.4 is 5.73 Å². The Labute approximate surface area is 108 Å². The largest absolute Gasteiger partial charge is 0.395 e. The van der Waals surface area contributed by atoms with Crippen molar-refractivity contribution in [1.29, 1.82) is 0 Å². The zero-order valence-electron chi connectivity index (χ0n) is 11.3. The van der Waals surface area contributed by atoms with E-state index in [-0.39, 0.29) is 5.91 Å². The summed E-state index contributed by atoms with van der Waals surface area (Å²) >= 11 is 0. The molecule has 5 nitrogen and oxygen atoms in total. The van der Waals surface area contributed by atoms with Gasteiger partial charge in [0.2, 0.25) is 0 Å². The monoisotopic (exact) mass is 250 g/mol. The molecule has 2 rings (SSSR count). The molecule has 1 saturated heterocycles. The van der Waals surface area contributed by atoms with E-state index in [0.29, 0.717) is 11.4 Å². The molecule has 18 heavy (non-hydrogen) atoms. The lowest BCUT2D eigenvalue weighted by Crippen LogP contribution is -2.35. The van der Waals surface area contributed by atoms with E-state index in [1.807, 2.05) is 11.8 Å². The Hall–Kier alpha value is -1.52. The van der Waals surface area contributed by atoms with Crippen LogP contribution in [0.5, 0.6) is 0 Å². The summed E-state index contributed by atoms with van der Waals surface area (Å²) in [5.74, 6) is 0.0255. The first-order valence-electron chi connectivity index (χ1n) is 6.69. The van der Waals surface area contributed by atoms with Gasteiger partial charge in [0.1, 0.15) is 5.69 Å². The van der Waals surface area contributed by atoms with Gasteiger partial charge in [0, 0.05) is 20.1 Å². The van der Waals surface area contributed by atoms with Crippen molar-refractivity contribution >= 4 is 11.6 Å². The minimum Gasteiger partial charge on any atom is -0.395 e. The van der Waals surface area contributed by atoms with Gasteiger partial charge in [-0.2, -0.15) is 5.10 Å². The highest BCUT2D eigenvalue weighted by Gasteiger charge is 2.23. The topological polar surface area (TPSA) is 64.2 Å². The maximum Gasteiger partial charge on any atom is 0.274 e. The summed E-state index contributed by atoms with van der Waals surface area (Å²) < 4.78 is 1.60. The maximum absolute atomic E-state index is 12.5. The number of likely N-dealkylation sites (tertiary alicyclic amines) is 1. The molecule has 0 radical (unpaired) electrons. The molecule has 0 aromatic carbocycles. The molecule has 5 heteroatoms. The number of carbonyl (C=O) groups excluding carboxylic acids is 1. The van der Waals surface area contributed by atoms with Crippen LogP contribution in [-0.4, -0.2) is 33.7 Å². The summed E-state index contributed by atoms with van der Waals surface area (Å²) in [5, 5.41) is 4.21. The number of hydrogen-bond donors (Lipinski definition) is 1. The molecule has 1 amide bonds. The Balaban J connectivity index is 2.18. The van der Waals surface area contributed by atoms with Crippen LogP contribution in [0.25, 0.3) is 0 Å². The van der Waals surface area contributed by atoms with Gasteiger partial charge in [-0.3, -0.25) is 9.48 Å². The molecule has 0 bridgehead atoms. The number of nitrogens with zero attached hydrogens (tertiary/aromatic N) is 3. The third kappa shape index (κ3) is 2.49. The average Bonchev–Trinajstić information content (AvgIpc) is 2.52. The quantitative estimate of drug-likeness (QED) is 0.825. The molecule has 1 fully saturated rings. The van der Waals surface area contributed by atoms with E-state index in [4.69, 9.17) is 5.73 Å². The number of amides is 1. The molecule has 0 spiro atoms. The second-order valence-electron chi connectivity index (χ2n) is 5.03. The first-order chi connectivity index (χ1) is 8.61. The van der Waals surface area contributed by atoms with Gasteiger partial charge in [0.15, 0.2) is 0 Å². The van der Waals surface area contributed by atoms with Gasteiger partial charge in [-0.1, -0.05) is 19.3 Å². The highest BCUT2D eigenvalue weighted by molar-refractivity contribution is 5.98. The van der Waals surface area contributed by atoms with Crippen molar-refractivity contribution in [2.75, 3.05) is 18.8 Å². The van der Waals surface area contributed by atoms with Crippen molar-refractivity contribution in [3.63, 3.8) is 0 Å². The number of anilines is 1. The SMILES string of the molecule is Cc1nn(C)c(C(=O)N2CCCCCCC2)c1N. The Bertz CT molecular complexity index is 430. The lowest BCUT2D eigenvalue weighted by Gasteiger charge is -2.24. The molecule has 0 unspecified atom stereocenters. The first kappa shape index (κ1) is 12.9. The highest BCUT2D eigenvalue weighted by atomic mass is 16.2. The zero-order valence-corrected chi connectivity index (χ0v) is 11.3. The molecular weight excluding hydrogens is 228 g/mol. The predicted molar refractivity (Wildman–Crippen MR) is 71.3 cm³/mol. The van der Waals surface area contributed by atoms with Gasteiger partial charge in [-0.15, -0.1) is 0 Å². The van der Waals surface area contributed by atoms with Gasteiger partial charge >= 0.3 is 0 Å². The van der Waals surface area contributed by atoms with Crippen LogP contribution in [0.15, 0.2) is 0 Å². The minimum absolute atomic E-state index is 0.0255. The van der Waals surface area contributed by atoms with Crippen molar-refractivity contribution in [2.45, 2.75) is 39.0 Å². The summed E-state index contributed by atoms with van der Waals surface area (Å²) in [6.45, 7) is 3.50. The smallest absolute Gasteiger partial charge is 0.274 e. The van der Waals surface area contributed by atoms with E-state index < -0.39 is 0 Å². The number of aromatic nitrogens is 2. The van der Waals surface area contributed by atoms with Gasteiger partial charge in [-0.05, 0) is 19.8 Å². The summed E-state index contributed by atoms with van der Waals surface area (Å²) in [7, 11) is 1.78. The molecule has 1 aliphatic heterocycles. The molecule has 0 aliphatic carbocycles. The fourth-order valence-electron chi connectivity index (χ4n) is 2.53. The van der Waals surface area contributed by atoms with Crippen molar-refractivity contribution in [2.24, 2.45) is 7.05 Å². The molecule has 1 aliphatic rings. The number of aryl methyl sites for hydroxylation is 2. The van der Waals surface area contributed by atoms with Crippen molar-refractivity contribution in [3.8, 4) is 0 Å². The maximum atomic E-state index is 12.5. The van der Waals surface area contributed by atoms with Gasteiger partial charge in [-0.25, -0.2) is 0 Å². The van der Waals surface area contributed by atoms with Gasteiger partial charge in [0.05, 0.1) is 11.4 Å². The van der Waals surface area contributed by atoms with E-state index in [9.17, 15) is 4.79 Å². The van der Waals surface area contributed by atoms with E-state index in [1.54, 1.807) is 11.7 Å². The van der Waals surface area contributed by atoms with Crippen LogP contribution in [0.3, 0.4) is 0 Å². The molecule has 0 saturated carbocycles. The fourth-order valence-corrected chi connectivity index (χ4v) is 2.53. The van der Waals surface area contributed by atoms with Gasteiger partial charge in [0.25, 0.3) is 5.91 Å². The number of nitrogen functional groups attached to an aromatic ring is 1. The van der Waals surface area contributed by atoms with Crippen LogP contribution in [0.2, 0.25) is 0 Å². The minimum atomic E-state index is 0.0255. The normalized spacial score (nSPS) is 17.3. The van der Waals surface area contributed by atoms with Crippen LogP contribution in [-0.2, 0) is 7.05 Å². The van der Waals surface area contributed by atoms with Crippen molar-refractivity contribution in [3.05, 3.63) is 11.4 Å². The lowest BCUT2D eigenvalue weighted by atomic mass is 10.1. The summed E-state index contributed by atoms with van der Waals surface area (Å²) in [5.41, 5.74) is 7.73. The van der Waals surface area contributed by atoms with Crippen LogP contribution in [0, 0.1) is 6.92 Å². The standard InChI is InChI=1S/C13H22N4O/c1-10-11(14)12(16(2)15-10)13(18)17-8-6-4-3-5-7-9-17/h3-9,14H2,1-2H3. The Morgan fingerprint density at radius 1 is 1.17 bits per heavy atom. The number of nitrogens with two attached hydrogens (primary N) is 1. The number of carbonyl (C=O) groups is 1. The summed E-state index contributed by atoms with van der Waals surface area (Å²) in [4.78, 5) is 14.4. The molecule has 2 N–H and O–H groups in total. The lowest BCUT2D eigenvalue weighted by molar-refractivity contribution is 0.0732. The summed E-state index contributed by atoms with van der Waals surface area (Å²) in [6, 6.07) is 0. The Morgan fingerprint density at radius 2 is 1.72 bits per heavy atom. The zero-order chi connectivity index (χ0) is 13.1. The molecule has 0 atom stereocenters. The van der Waals surface area contributed by atoms with E-state index in [0.717, 1.165) is 31.6 Å². The third-order valence-corrected chi connectivity index (χ3v) is 3.61. The Morgan fingerprint density at radius 3 is 2.22 bits per heavy atom.